The molecule has 1 aromatic rings. The first kappa shape index (κ1) is 14.1. The molecule has 0 bridgehead atoms. The minimum absolute atomic E-state index is 0.256. The minimum atomic E-state index is -3.35. The molecule has 106 valence electrons. The molecule has 0 N–H and O–H groups in total. The minimum Gasteiger partial charge on any atom is -0.493 e. The molecule has 1 aromatic carbocycles. The van der Waals surface area contributed by atoms with Crippen LogP contribution in [0.25, 0.3) is 0 Å². The molecule has 0 radical (unpaired) electrons. The van der Waals surface area contributed by atoms with Crippen LogP contribution in [0, 0.1) is 0 Å². The molecule has 1 fully saturated rings. The van der Waals surface area contributed by atoms with E-state index in [1.165, 1.54) is 11.4 Å². The second kappa shape index (κ2) is 5.77. The molecular formula is C12H17NO5S. The summed E-state index contributed by atoms with van der Waals surface area (Å²) in [5.41, 5.74) is 0.771. The predicted octanol–water partition coefficient (Wildman–Crippen LogP) is 0.823. The van der Waals surface area contributed by atoms with Crippen molar-refractivity contribution in [3.05, 3.63) is 23.8 Å². The SMILES string of the molecule is COc1cccc(CN2CCOCS2(=O)=O)c1OC. The summed E-state index contributed by atoms with van der Waals surface area (Å²) >= 11 is 0. The third-order valence-corrected chi connectivity index (χ3v) is 4.50. The Balaban J connectivity index is 2.28. The second-order valence-corrected chi connectivity index (χ2v) is 6.04. The number of hydrogen-bond acceptors (Lipinski definition) is 5. The van der Waals surface area contributed by atoms with Gasteiger partial charge in [-0.2, -0.15) is 4.31 Å². The molecule has 0 saturated carbocycles. The van der Waals surface area contributed by atoms with Gasteiger partial charge in [0.25, 0.3) is 0 Å². The van der Waals surface area contributed by atoms with Crippen molar-refractivity contribution < 1.29 is 22.6 Å². The Morgan fingerprint density at radius 1 is 1.32 bits per heavy atom. The number of para-hydroxylation sites is 1. The smallest absolute Gasteiger partial charge is 0.238 e. The monoisotopic (exact) mass is 287 g/mol. The Bertz CT molecular complexity index is 543. The lowest BCUT2D eigenvalue weighted by Gasteiger charge is -2.27. The van der Waals surface area contributed by atoms with E-state index < -0.39 is 10.0 Å². The second-order valence-electron chi connectivity index (χ2n) is 4.12. The molecule has 0 unspecified atom stereocenters. The molecule has 0 aromatic heterocycles. The van der Waals surface area contributed by atoms with Gasteiger partial charge in [-0.15, -0.1) is 0 Å². The van der Waals surface area contributed by atoms with Gasteiger partial charge in [-0.3, -0.25) is 0 Å². The Morgan fingerprint density at radius 3 is 2.74 bits per heavy atom. The molecule has 0 amide bonds. The van der Waals surface area contributed by atoms with Crippen LogP contribution in [0.3, 0.4) is 0 Å². The fraction of sp³-hybridized carbons (Fsp3) is 0.500. The first-order chi connectivity index (χ1) is 9.08. The summed E-state index contributed by atoms with van der Waals surface area (Å²) in [5, 5.41) is 0. The van der Waals surface area contributed by atoms with Crippen LogP contribution in [0.1, 0.15) is 5.56 Å². The Labute approximate surface area is 112 Å². The zero-order chi connectivity index (χ0) is 13.9. The number of rotatable bonds is 4. The van der Waals surface area contributed by atoms with E-state index in [-0.39, 0.29) is 12.5 Å². The number of benzene rings is 1. The first-order valence-corrected chi connectivity index (χ1v) is 7.45. The summed E-state index contributed by atoms with van der Waals surface area (Å²) in [6, 6.07) is 5.41. The average molecular weight is 287 g/mol. The van der Waals surface area contributed by atoms with Gasteiger partial charge < -0.3 is 14.2 Å². The van der Waals surface area contributed by atoms with Gasteiger partial charge in [0.05, 0.1) is 20.8 Å². The van der Waals surface area contributed by atoms with Gasteiger partial charge in [-0.1, -0.05) is 12.1 Å². The fourth-order valence-corrected chi connectivity index (χ4v) is 3.16. The number of sulfonamides is 1. The molecule has 1 saturated heterocycles. The van der Waals surface area contributed by atoms with Crippen molar-refractivity contribution in [2.75, 3.05) is 33.3 Å². The van der Waals surface area contributed by atoms with Gasteiger partial charge in [-0.05, 0) is 6.07 Å². The Morgan fingerprint density at radius 2 is 2.11 bits per heavy atom. The first-order valence-electron chi connectivity index (χ1n) is 5.84. The van der Waals surface area contributed by atoms with Gasteiger partial charge in [0.15, 0.2) is 17.4 Å². The van der Waals surface area contributed by atoms with Crippen LogP contribution in [0.15, 0.2) is 18.2 Å². The zero-order valence-corrected chi connectivity index (χ0v) is 11.8. The molecule has 19 heavy (non-hydrogen) atoms. The summed E-state index contributed by atoms with van der Waals surface area (Å²) in [7, 11) is -0.266. The lowest BCUT2D eigenvalue weighted by atomic mass is 10.2. The van der Waals surface area contributed by atoms with Crippen molar-refractivity contribution >= 4 is 10.0 Å². The predicted molar refractivity (Wildman–Crippen MR) is 69.7 cm³/mol. The number of ether oxygens (including phenoxy) is 3. The van der Waals surface area contributed by atoms with Gasteiger partial charge in [0.2, 0.25) is 10.0 Å². The molecule has 1 heterocycles. The third kappa shape index (κ3) is 2.99. The third-order valence-electron chi connectivity index (χ3n) is 2.94. The van der Waals surface area contributed by atoms with Gasteiger partial charge in [0, 0.05) is 18.7 Å². The lowest BCUT2D eigenvalue weighted by molar-refractivity contribution is 0.130. The molecule has 2 rings (SSSR count). The standard InChI is InChI=1S/C12H17NO5S/c1-16-11-5-3-4-10(12(11)17-2)8-13-6-7-18-9-19(13,14)15/h3-5H,6-9H2,1-2H3. The maximum absolute atomic E-state index is 11.9. The van der Waals surface area contributed by atoms with E-state index in [1.807, 2.05) is 12.1 Å². The van der Waals surface area contributed by atoms with Gasteiger partial charge in [0.1, 0.15) is 0 Å². The summed E-state index contributed by atoms with van der Waals surface area (Å²) in [4.78, 5) is 0. The highest BCUT2D eigenvalue weighted by Gasteiger charge is 2.27. The van der Waals surface area contributed by atoms with Crippen molar-refractivity contribution in [3.8, 4) is 11.5 Å². The van der Waals surface area contributed by atoms with Crippen LogP contribution in [0.5, 0.6) is 11.5 Å². The van der Waals surface area contributed by atoms with E-state index in [9.17, 15) is 8.42 Å². The number of hydrogen-bond donors (Lipinski definition) is 0. The van der Waals surface area contributed by atoms with Gasteiger partial charge in [-0.25, -0.2) is 8.42 Å². The van der Waals surface area contributed by atoms with Gasteiger partial charge >= 0.3 is 0 Å². The zero-order valence-electron chi connectivity index (χ0n) is 11.0. The van der Waals surface area contributed by atoms with E-state index in [2.05, 4.69) is 0 Å². The van der Waals surface area contributed by atoms with E-state index in [0.717, 1.165) is 5.56 Å². The molecule has 0 aliphatic carbocycles. The van der Waals surface area contributed by atoms with Crippen molar-refractivity contribution in [1.82, 2.24) is 4.31 Å². The molecule has 1 aliphatic heterocycles. The van der Waals surface area contributed by atoms with E-state index in [0.29, 0.717) is 24.7 Å². The average Bonchev–Trinajstić information content (AvgIpc) is 2.40. The topological polar surface area (TPSA) is 65.1 Å². The number of methoxy groups -OCH3 is 2. The van der Waals surface area contributed by atoms with Crippen LogP contribution < -0.4 is 9.47 Å². The quantitative estimate of drug-likeness (QED) is 0.820. The van der Waals surface area contributed by atoms with E-state index in [4.69, 9.17) is 14.2 Å². The molecule has 6 nitrogen and oxygen atoms in total. The molecule has 0 spiro atoms. The molecule has 0 atom stereocenters. The van der Waals surface area contributed by atoms with Crippen molar-refractivity contribution in [2.24, 2.45) is 0 Å². The molecule has 7 heteroatoms. The normalized spacial score (nSPS) is 19.1. The largest absolute Gasteiger partial charge is 0.493 e. The maximum atomic E-state index is 11.9. The van der Waals surface area contributed by atoms with Crippen molar-refractivity contribution in [3.63, 3.8) is 0 Å². The van der Waals surface area contributed by atoms with Crippen LogP contribution in [0.2, 0.25) is 0 Å². The molecular weight excluding hydrogens is 270 g/mol. The number of nitrogens with zero attached hydrogens (tertiary/aromatic N) is 1. The summed E-state index contributed by atoms with van der Waals surface area (Å²) in [5.74, 6) is 0.886. The van der Waals surface area contributed by atoms with Crippen LogP contribution in [-0.2, 0) is 21.3 Å². The highest BCUT2D eigenvalue weighted by Crippen LogP contribution is 2.32. The summed E-state index contributed by atoms with van der Waals surface area (Å²) < 4.78 is 40.6. The van der Waals surface area contributed by atoms with E-state index >= 15 is 0 Å². The Kier molecular flexibility index (Phi) is 4.28. The summed E-state index contributed by atoms with van der Waals surface area (Å²) in [6.45, 7) is 1.01. The van der Waals surface area contributed by atoms with Crippen molar-refractivity contribution in [2.45, 2.75) is 6.54 Å². The molecule has 1 aliphatic rings. The van der Waals surface area contributed by atoms with Crippen molar-refractivity contribution in [1.29, 1.82) is 0 Å². The van der Waals surface area contributed by atoms with Crippen LogP contribution in [-0.4, -0.2) is 46.0 Å². The maximum Gasteiger partial charge on any atom is 0.238 e. The van der Waals surface area contributed by atoms with Crippen LogP contribution >= 0.6 is 0 Å². The highest BCUT2D eigenvalue weighted by atomic mass is 32.2. The lowest BCUT2D eigenvalue weighted by Crippen LogP contribution is -2.40. The Hall–Kier alpha value is -1.31. The summed E-state index contributed by atoms with van der Waals surface area (Å²) in [6.07, 6.45) is 0. The van der Waals surface area contributed by atoms with Crippen LogP contribution in [0.4, 0.5) is 0 Å². The van der Waals surface area contributed by atoms with E-state index in [1.54, 1.807) is 13.2 Å². The fourth-order valence-electron chi connectivity index (χ4n) is 1.99. The highest BCUT2D eigenvalue weighted by molar-refractivity contribution is 7.88.